The Balaban J connectivity index is 1.23. The van der Waals surface area contributed by atoms with Crippen molar-refractivity contribution in [3.63, 3.8) is 0 Å². The van der Waals surface area contributed by atoms with Crippen molar-refractivity contribution in [2.75, 3.05) is 5.32 Å². The average Bonchev–Trinajstić information content (AvgIpc) is 3.79. The van der Waals surface area contributed by atoms with E-state index >= 15 is 0 Å². The first-order chi connectivity index (χ1) is 16.2. The van der Waals surface area contributed by atoms with Crippen LogP contribution in [0.3, 0.4) is 0 Å². The molecule has 0 aliphatic heterocycles. The van der Waals surface area contributed by atoms with Crippen LogP contribution in [0.25, 0.3) is 22.5 Å². The lowest BCUT2D eigenvalue weighted by atomic mass is 10.1. The van der Waals surface area contributed by atoms with Crippen LogP contribution in [0.1, 0.15) is 53.8 Å². The van der Waals surface area contributed by atoms with Gasteiger partial charge in [0, 0.05) is 41.3 Å². The van der Waals surface area contributed by atoms with Crippen LogP contribution in [0.15, 0.2) is 61.2 Å². The zero-order valence-electron chi connectivity index (χ0n) is 17.8. The van der Waals surface area contributed by atoms with E-state index in [2.05, 4.69) is 25.5 Å². The van der Waals surface area contributed by atoms with Gasteiger partial charge in [-0.05, 0) is 67.6 Å². The van der Waals surface area contributed by atoms with Crippen LogP contribution < -0.4 is 5.32 Å². The van der Waals surface area contributed by atoms with Crippen LogP contribution in [-0.4, -0.2) is 30.6 Å². The Morgan fingerprint density at radius 1 is 1.00 bits per heavy atom. The molecule has 2 saturated carbocycles. The molecular weight excluding hydrogens is 419 g/mol. The summed E-state index contributed by atoms with van der Waals surface area (Å²) in [5.41, 5.74) is 3.95. The Labute approximate surface area is 189 Å². The highest BCUT2D eigenvalue weighted by molar-refractivity contribution is 6.03. The number of hydrogen-bond acceptors (Lipinski definition) is 5. The number of carbonyl (C=O) groups excluding carboxylic acids is 1. The smallest absolute Gasteiger partial charge is 0.274 e. The fraction of sp³-hybridized carbons (Fsp3) is 0.240. The molecule has 2 fully saturated rings. The molecule has 3 aromatic heterocycles. The Morgan fingerprint density at radius 3 is 2.64 bits per heavy atom. The SMILES string of the molecule is O=C(Nc1ccc(F)c(-c2nncn2C2CC2)c1)c1cc(-c2ccc(C3CC3)nc2)ccn1. The van der Waals surface area contributed by atoms with Crippen molar-refractivity contribution in [2.45, 2.75) is 37.6 Å². The summed E-state index contributed by atoms with van der Waals surface area (Å²) < 4.78 is 16.5. The van der Waals surface area contributed by atoms with Gasteiger partial charge < -0.3 is 9.88 Å². The summed E-state index contributed by atoms with van der Waals surface area (Å²) in [6.45, 7) is 0. The number of halogens is 1. The standard InChI is InChI=1S/C25H21FN6O/c26-21-7-4-18(12-20(21)24-31-29-14-32(24)19-5-6-19)30-25(33)23-11-16(9-10-27-23)17-3-8-22(28-13-17)15-1-2-15/h3-4,7-15,19H,1-2,5-6H2,(H,30,33). The van der Waals surface area contributed by atoms with Gasteiger partial charge in [0.25, 0.3) is 5.91 Å². The molecule has 0 bridgehead atoms. The normalized spacial score (nSPS) is 15.4. The number of benzene rings is 1. The van der Waals surface area contributed by atoms with Crippen LogP contribution in [0, 0.1) is 5.82 Å². The quantitative estimate of drug-likeness (QED) is 0.456. The van der Waals surface area contributed by atoms with Crippen molar-refractivity contribution in [1.29, 1.82) is 0 Å². The van der Waals surface area contributed by atoms with E-state index in [-0.39, 0.29) is 11.6 Å². The minimum absolute atomic E-state index is 0.269. The van der Waals surface area contributed by atoms with Gasteiger partial charge in [-0.25, -0.2) is 4.39 Å². The summed E-state index contributed by atoms with van der Waals surface area (Å²) in [5, 5.41) is 10.9. The van der Waals surface area contributed by atoms with E-state index in [9.17, 15) is 9.18 Å². The summed E-state index contributed by atoms with van der Waals surface area (Å²) in [5.74, 6) is 0.274. The van der Waals surface area contributed by atoms with E-state index in [1.165, 1.54) is 25.0 Å². The molecule has 0 spiro atoms. The van der Waals surface area contributed by atoms with Gasteiger partial charge in [0.05, 0.1) is 5.56 Å². The minimum atomic E-state index is -0.412. The van der Waals surface area contributed by atoms with E-state index in [0.717, 1.165) is 29.7 Å². The van der Waals surface area contributed by atoms with E-state index in [4.69, 9.17) is 0 Å². The molecule has 1 aromatic carbocycles. The summed E-state index contributed by atoms with van der Waals surface area (Å²) in [4.78, 5) is 21.7. The predicted octanol–water partition coefficient (Wildman–Crippen LogP) is 5.01. The van der Waals surface area contributed by atoms with Gasteiger partial charge in [0.15, 0.2) is 5.82 Å². The van der Waals surface area contributed by atoms with Gasteiger partial charge in [-0.3, -0.25) is 14.8 Å². The second kappa shape index (κ2) is 7.88. The molecular formula is C25H21FN6O. The van der Waals surface area contributed by atoms with Crippen molar-refractivity contribution in [3.05, 3.63) is 78.4 Å². The Kier molecular flexibility index (Phi) is 4.71. The number of rotatable bonds is 6. The third-order valence-electron chi connectivity index (χ3n) is 6.09. The van der Waals surface area contributed by atoms with E-state index < -0.39 is 5.82 Å². The Morgan fingerprint density at radius 2 is 1.88 bits per heavy atom. The lowest BCUT2D eigenvalue weighted by molar-refractivity contribution is 0.102. The summed E-state index contributed by atoms with van der Waals surface area (Å²) in [6.07, 6.45) is 9.54. The molecule has 1 amide bonds. The van der Waals surface area contributed by atoms with Crippen molar-refractivity contribution < 1.29 is 9.18 Å². The first-order valence-electron chi connectivity index (χ1n) is 11.1. The molecule has 0 radical (unpaired) electrons. The molecule has 0 saturated heterocycles. The summed E-state index contributed by atoms with van der Waals surface area (Å²) >= 11 is 0. The molecule has 33 heavy (non-hydrogen) atoms. The molecule has 7 nitrogen and oxygen atoms in total. The maximum absolute atomic E-state index is 14.6. The maximum Gasteiger partial charge on any atom is 0.274 e. The zero-order chi connectivity index (χ0) is 22.4. The lowest BCUT2D eigenvalue weighted by Gasteiger charge is -2.10. The Hall–Kier alpha value is -3.94. The molecule has 1 N–H and O–H groups in total. The van der Waals surface area contributed by atoms with Gasteiger partial charge in [0.2, 0.25) is 0 Å². The van der Waals surface area contributed by atoms with Gasteiger partial charge in [-0.15, -0.1) is 10.2 Å². The van der Waals surface area contributed by atoms with E-state index in [0.29, 0.717) is 29.0 Å². The second-order valence-electron chi connectivity index (χ2n) is 8.62. The monoisotopic (exact) mass is 440 g/mol. The number of amides is 1. The van der Waals surface area contributed by atoms with Crippen LogP contribution in [0.2, 0.25) is 0 Å². The van der Waals surface area contributed by atoms with Gasteiger partial charge in [-0.1, -0.05) is 6.07 Å². The molecule has 2 aliphatic rings. The first kappa shape index (κ1) is 19.7. The minimum Gasteiger partial charge on any atom is -0.321 e. The highest BCUT2D eigenvalue weighted by atomic mass is 19.1. The number of carbonyl (C=O) groups is 1. The van der Waals surface area contributed by atoms with Gasteiger partial charge >= 0.3 is 0 Å². The number of aromatic nitrogens is 5. The molecule has 0 unspecified atom stereocenters. The maximum atomic E-state index is 14.6. The third-order valence-corrected chi connectivity index (χ3v) is 6.09. The lowest BCUT2D eigenvalue weighted by Crippen LogP contribution is -2.14. The number of nitrogens with zero attached hydrogens (tertiary/aromatic N) is 5. The summed E-state index contributed by atoms with van der Waals surface area (Å²) in [7, 11) is 0. The average molecular weight is 440 g/mol. The fourth-order valence-corrected chi connectivity index (χ4v) is 3.96. The molecule has 0 atom stereocenters. The largest absolute Gasteiger partial charge is 0.321 e. The first-order valence-corrected chi connectivity index (χ1v) is 11.1. The highest BCUT2D eigenvalue weighted by Gasteiger charge is 2.28. The van der Waals surface area contributed by atoms with Crippen LogP contribution in [0.5, 0.6) is 0 Å². The van der Waals surface area contributed by atoms with E-state index in [1.807, 2.05) is 29.0 Å². The van der Waals surface area contributed by atoms with E-state index in [1.54, 1.807) is 24.7 Å². The molecule has 164 valence electrons. The van der Waals surface area contributed by atoms with Gasteiger partial charge in [0.1, 0.15) is 17.8 Å². The topological polar surface area (TPSA) is 85.6 Å². The van der Waals surface area contributed by atoms with Crippen molar-refractivity contribution in [1.82, 2.24) is 24.7 Å². The number of hydrogen-bond donors (Lipinski definition) is 1. The second-order valence-corrected chi connectivity index (χ2v) is 8.62. The fourth-order valence-electron chi connectivity index (χ4n) is 3.96. The molecule has 3 heterocycles. The summed E-state index contributed by atoms with van der Waals surface area (Å²) in [6, 6.07) is 12.4. The molecule has 4 aromatic rings. The van der Waals surface area contributed by atoms with Crippen LogP contribution >= 0.6 is 0 Å². The Bertz CT molecular complexity index is 1340. The third kappa shape index (κ3) is 4.00. The van der Waals surface area contributed by atoms with Crippen molar-refractivity contribution in [2.24, 2.45) is 0 Å². The van der Waals surface area contributed by atoms with Crippen molar-refractivity contribution in [3.8, 4) is 22.5 Å². The van der Waals surface area contributed by atoms with Crippen molar-refractivity contribution >= 4 is 11.6 Å². The van der Waals surface area contributed by atoms with Crippen LogP contribution in [-0.2, 0) is 0 Å². The molecule has 8 heteroatoms. The predicted molar refractivity (Wildman–Crippen MR) is 121 cm³/mol. The number of nitrogens with one attached hydrogen (secondary N) is 1. The van der Waals surface area contributed by atoms with Crippen LogP contribution in [0.4, 0.5) is 10.1 Å². The molecule has 6 rings (SSSR count). The molecule has 2 aliphatic carbocycles. The number of anilines is 1. The van der Waals surface area contributed by atoms with Gasteiger partial charge in [-0.2, -0.15) is 0 Å². The number of pyridine rings is 2. The zero-order valence-corrected chi connectivity index (χ0v) is 17.8. The highest BCUT2D eigenvalue weighted by Crippen LogP contribution is 2.39.